The average Bonchev–Trinajstić information content (AvgIpc) is 3.33. The Hall–Kier alpha value is -3.01. The van der Waals surface area contributed by atoms with Crippen molar-refractivity contribution in [1.29, 1.82) is 0 Å². The van der Waals surface area contributed by atoms with Crippen molar-refractivity contribution in [3.05, 3.63) is 77.4 Å². The van der Waals surface area contributed by atoms with Gasteiger partial charge in [0.1, 0.15) is 0 Å². The molecule has 3 aliphatic rings. The molecule has 36 heavy (non-hydrogen) atoms. The summed E-state index contributed by atoms with van der Waals surface area (Å²) in [5.74, 6) is 1.65. The van der Waals surface area contributed by atoms with Gasteiger partial charge in [-0.3, -0.25) is 4.79 Å². The highest BCUT2D eigenvalue weighted by atomic mass is 16.7. The van der Waals surface area contributed by atoms with Gasteiger partial charge in [0.25, 0.3) is 0 Å². The first-order chi connectivity index (χ1) is 17.3. The average molecular weight is 490 g/mol. The van der Waals surface area contributed by atoms with Crippen LogP contribution in [-0.2, 0) is 4.79 Å². The molecular formula is C32H43NO3. The summed E-state index contributed by atoms with van der Waals surface area (Å²) in [6, 6.07) is 5.79. The van der Waals surface area contributed by atoms with Crippen molar-refractivity contribution in [2.75, 3.05) is 19.9 Å². The highest BCUT2D eigenvalue weighted by molar-refractivity contribution is 5.88. The maximum Gasteiger partial charge on any atom is 0.246 e. The van der Waals surface area contributed by atoms with Crippen molar-refractivity contribution in [2.45, 2.75) is 72.6 Å². The van der Waals surface area contributed by atoms with Crippen LogP contribution in [0, 0.1) is 5.41 Å². The van der Waals surface area contributed by atoms with E-state index in [0.717, 1.165) is 55.8 Å². The molecule has 0 spiro atoms. The van der Waals surface area contributed by atoms with E-state index < -0.39 is 0 Å². The summed E-state index contributed by atoms with van der Waals surface area (Å²) in [5.41, 5.74) is 4.36. The third-order valence-corrected chi connectivity index (χ3v) is 6.72. The van der Waals surface area contributed by atoms with Crippen LogP contribution >= 0.6 is 0 Å². The zero-order valence-corrected chi connectivity index (χ0v) is 22.6. The van der Waals surface area contributed by atoms with E-state index in [-0.39, 0.29) is 12.7 Å². The van der Waals surface area contributed by atoms with E-state index in [0.29, 0.717) is 5.41 Å². The molecule has 1 aromatic carbocycles. The summed E-state index contributed by atoms with van der Waals surface area (Å²) >= 11 is 0. The van der Waals surface area contributed by atoms with E-state index >= 15 is 0 Å². The molecular weight excluding hydrogens is 446 g/mol. The third kappa shape index (κ3) is 9.56. The largest absolute Gasteiger partial charge is 0.454 e. The van der Waals surface area contributed by atoms with Crippen LogP contribution in [0.25, 0.3) is 6.08 Å². The fourth-order valence-corrected chi connectivity index (χ4v) is 4.34. The molecule has 0 bridgehead atoms. The van der Waals surface area contributed by atoms with Gasteiger partial charge in [0.05, 0.1) is 0 Å². The van der Waals surface area contributed by atoms with E-state index in [9.17, 15) is 4.79 Å². The number of ether oxygens (including phenoxy) is 2. The van der Waals surface area contributed by atoms with E-state index in [1.54, 1.807) is 12.2 Å². The Kier molecular flexibility index (Phi) is 10.7. The Balaban J connectivity index is 0.000000214. The number of rotatable bonds is 3. The topological polar surface area (TPSA) is 38.8 Å². The van der Waals surface area contributed by atoms with Gasteiger partial charge in [-0.2, -0.15) is 0 Å². The van der Waals surface area contributed by atoms with Crippen LogP contribution in [0.15, 0.2) is 71.9 Å². The Labute approximate surface area is 218 Å². The molecule has 4 heteroatoms. The first-order valence-corrected chi connectivity index (χ1v) is 13.3. The van der Waals surface area contributed by atoms with Crippen LogP contribution in [-0.4, -0.2) is 30.7 Å². The lowest BCUT2D eigenvalue weighted by molar-refractivity contribution is -0.126. The van der Waals surface area contributed by atoms with E-state index in [1.807, 2.05) is 35.3 Å². The highest BCUT2D eigenvalue weighted by Gasteiger charge is 2.14. The summed E-state index contributed by atoms with van der Waals surface area (Å²) in [7, 11) is 0. The molecule has 0 unspecified atom stereocenters. The lowest BCUT2D eigenvalue weighted by atomic mass is 9.87. The minimum atomic E-state index is 0.102. The maximum atomic E-state index is 11.9. The summed E-state index contributed by atoms with van der Waals surface area (Å²) in [6.45, 7) is 11.2. The van der Waals surface area contributed by atoms with Crippen molar-refractivity contribution < 1.29 is 14.3 Å². The van der Waals surface area contributed by atoms with Gasteiger partial charge in [0.15, 0.2) is 11.5 Å². The Morgan fingerprint density at radius 3 is 2.56 bits per heavy atom. The first kappa shape index (κ1) is 27.6. The second kappa shape index (κ2) is 13.9. The van der Waals surface area contributed by atoms with Gasteiger partial charge in [0, 0.05) is 19.2 Å². The normalized spacial score (nSPS) is 19.8. The van der Waals surface area contributed by atoms with Crippen LogP contribution in [0.3, 0.4) is 0 Å². The molecule has 4 rings (SSSR count). The zero-order valence-electron chi connectivity index (χ0n) is 22.6. The number of carbonyl (C=O) groups excluding carboxylic acids is 1. The van der Waals surface area contributed by atoms with Crippen molar-refractivity contribution in [1.82, 2.24) is 4.90 Å². The van der Waals surface area contributed by atoms with E-state index in [2.05, 4.69) is 52.0 Å². The molecule has 194 valence electrons. The van der Waals surface area contributed by atoms with Crippen molar-refractivity contribution in [3.8, 4) is 11.5 Å². The number of nitrogens with zero attached hydrogens (tertiary/aromatic N) is 1. The molecule has 2 heterocycles. The summed E-state index contributed by atoms with van der Waals surface area (Å²) in [6.07, 6.45) is 24.9. The molecule has 4 nitrogen and oxygen atoms in total. The molecule has 0 radical (unpaired) electrons. The van der Waals surface area contributed by atoms with Crippen LogP contribution < -0.4 is 9.47 Å². The fourth-order valence-electron chi connectivity index (χ4n) is 4.34. The maximum absolute atomic E-state index is 11.9. The predicted molar refractivity (Wildman–Crippen MR) is 150 cm³/mol. The van der Waals surface area contributed by atoms with Gasteiger partial charge in [0.2, 0.25) is 12.7 Å². The number of benzene rings is 1. The minimum absolute atomic E-state index is 0.102. The monoisotopic (exact) mass is 489 g/mol. The van der Waals surface area contributed by atoms with Crippen molar-refractivity contribution in [3.63, 3.8) is 0 Å². The molecule has 2 aliphatic heterocycles. The first-order valence-electron chi connectivity index (χ1n) is 13.3. The number of carbonyl (C=O) groups is 1. The fraction of sp³-hybridized carbons (Fsp3) is 0.469. The molecule has 0 aromatic heterocycles. The van der Waals surface area contributed by atoms with Crippen LogP contribution in [0.1, 0.15) is 78.2 Å². The third-order valence-electron chi connectivity index (χ3n) is 6.72. The minimum Gasteiger partial charge on any atom is -0.454 e. The van der Waals surface area contributed by atoms with Crippen molar-refractivity contribution in [2.24, 2.45) is 5.41 Å². The standard InChI is InChI=1S/C17H19NO3.C15H24/c19-17(18-10-4-1-5-11-18)7-3-2-6-14-8-9-15-16(12-14)21-13-20-15;1-13-7-5-8-14(2)10-12-15(3,4)11-6-9-13/h2-3,6-9,12H,1,4-5,10-11,13H2;6-7,10-11H,5,8-9,12H2,1-4H3. The summed E-state index contributed by atoms with van der Waals surface area (Å²) < 4.78 is 10.6. The number of amides is 1. The number of hydrogen-bond acceptors (Lipinski definition) is 3. The highest BCUT2D eigenvalue weighted by Crippen LogP contribution is 2.32. The Morgan fingerprint density at radius 1 is 0.972 bits per heavy atom. The van der Waals surface area contributed by atoms with Gasteiger partial charge >= 0.3 is 0 Å². The molecule has 0 N–H and O–H groups in total. The van der Waals surface area contributed by atoms with Crippen LogP contribution in [0.4, 0.5) is 0 Å². The number of allylic oxidation sites excluding steroid dienone is 8. The van der Waals surface area contributed by atoms with E-state index in [4.69, 9.17) is 9.47 Å². The Bertz CT molecular complexity index is 1020. The van der Waals surface area contributed by atoms with Crippen molar-refractivity contribution >= 4 is 12.0 Å². The van der Waals surface area contributed by atoms with Crippen LogP contribution in [0.2, 0.25) is 0 Å². The lowest BCUT2D eigenvalue weighted by Crippen LogP contribution is -2.34. The van der Waals surface area contributed by atoms with Gasteiger partial charge in [-0.1, -0.05) is 73.6 Å². The molecule has 1 amide bonds. The number of fused-ring (bicyclic) bond motifs is 1. The van der Waals surface area contributed by atoms with E-state index in [1.165, 1.54) is 30.4 Å². The molecule has 0 atom stereocenters. The number of piperidine rings is 1. The smallest absolute Gasteiger partial charge is 0.246 e. The summed E-state index contributed by atoms with van der Waals surface area (Å²) in [5, 5.41) is 0. The molecule has 1 fully saturated rings. The van der Waals surface area contributed by atoms with Gasteiger partial charge in [-0.05, 0) is 81.9 Å². The second-order valence-electron chi connectivity index (χ2n) is 10.7. The molecule has 1 saturated heterocycles. The van der Waals surface area contributed by atoms with Crippen LogP contribution in [0.5, 0.6) is 11.5 Å². The summed E-state index contributed by atoms with van der Waals surface area (Å²) in [4.78, 5) is 13.8. The molecule has 1 aromatic rings. The van der Waals surface area contributed by atoms with Gasteiger partial charge in [-0.25, -0.2) is 0 Å². The zero-order chi connectivity index (χ0) is 25.8. The SMILES string of the molecule is CC1=CCCC(C)=CCC(C)(C)C=CC1.O=C(C=CC=Cc1ccc2c(c1)OCO2)N1CCCCC1. The second-order valence-corrected chi connectivity index (χ2v) is 10.7. The predicted octanol–water partition coefficient (Wildman–Crippen LogP) is 8.03. The number of likely N-dealkylation sites (tertiary alicyclic amines) is 1. The number of hydrogen-bond donors (Lipinski definition) is 0. The molecule has 0 saturated carbocycles. The Morgan fingerprint density at radius 2 is 1.75 bits per heavy atom. The lowest BCUT2D eigenvalue weighted by Gasteiger charge is -2.25. The quantitative estimate of drug-likeness (QED) is 0.245. The van der Waals surface area contributed by atoms with Gasteiger partial charge in [-0.15, -0.1) is 0 Å². The molecule has 1 aliphatic carbocycles. The van der Waals surface area contributed by atoms with Gasteiger partial charge < -0.3 is 14.4 Å².